The van der Waals surface area contributed by atoms with Gasteiger partial charge in [-0.15, -0.1) is 0 Å². The molecule has 0 saturated heterocycles. The first-order valence-electron chi connectivity index (χ1n) is 11.7. The van der Waals surface area contributed by atoms with Crippen LogP contribution >= 0.6 is 23.2 Å². The molecule has 5 nitrogen and oxygen atoms in total. The number of para-hydroxylation sites is 1. The van der Waals surface area contributed by atoms with Crippen molar-refractivity contribution in [2.45, 2.75) is 70.5 Å². The average Bonchev–Trinajstić information content (AvgIpc) is 3.31. The summed E-state index contributed by atoms with van der Waals surface area (Å²) in [6.07, 6.45) is 5.62. The highest BCUT2D eigenvalue weighted by Crippen LogP contribution is 2.25. The summed E-state index contributed by atoms with van der Waals surface area (Å²) in [5.41, 5.74) is 0.766. The molecule has 1 atom stereocenters. The molecule has 1 saturated carbocycles. The SMILES string of the molecule is CC[C@H](C(=O)NC1CCCC1)N(Cc1ccc(Cl)cc1Cl)C(=O)CCCOc1ccccc1. The molecule has 1 aliphatic carbocycles. The summed E-state index contributed by atoms with van der Waals surface area (Å²) in [4.78, 5) is 28.1. The van der Waals surface area contributed by atoms with Gasteiger partial charge in [0, 0.05) is 29.1 Å². The summed E-state index contributed by atoms with van der Waals surface area (Å²) >= 11 is 12.4. The lowest BCUT2D eigenvalue weighted by molar-refractivity contribution is -0.141. The maximum absolute atomic E-state index is 13.3. The van der Waals surface area contributed by atoms with Crippen molar-refractivity contribution in [3.05, 3.63) is 64.1 Å². The number of nitrogens with one attached hydrogen (secondary N) is 1. The van der Waals surface area contributed by atoms with E-state index in [0.717, 1.165) is 37.0 Å². The standard InChI is InChI=1S/C26H32Cl2N2O3/c1-2-24(26(32)29-21-9-6-7-10-21)30(18-19-14-15-20(27)17-23(19)28)25(31)13-8-16-33-22-11-4-3-5-12-22/h3-5,11-12,14-15,17,21,24H,2,6-10,13,16,18H2,1H3,(H,29,32)/t24-/m1/s1. The Balaban J connectivity index is 1.68. The number of hydrogen-bond acceptors (Lipinski definition) is 3. The number of hydrogen-bond donors (Lipinski definition) is 1. The zero-order valence-corrected chi connectivity index (χ0v) is 20.6. The predicted octanol–water partition coefficient (Wildman–Crippen LogP) is 6.02. The highest BCUT2D eigenvalue weighted by molar-refractivity contribution is 6.35. The molecule has 2 amide bonds. The van der Waals surface area contributed by atoms with Gasteiger partial charge >= 0.3 is 0 Å². The van der Waals surface area contributed by atoms with Crippen molar-refractivity contribution in [1.82, 2.24) is 10.2 Å². The van der Waals surface area contributed by atoms with Gasteiger partial charge < -0.3 is 15.0 Å². The third-order valence-electron chi connectivity index (χ3n) is 5.99. The van der Waals surface area contributed by atoms with Crippen molar-refractivity contribution in [3.63, 3.8) is 0 Å². The Bertz CT molecular complexity index is 917. The van der Waals surface area contributed by atoms with E-state index in [4.69, 9.17) is 27.9 Å². The van der Waals surface area contributed by atoms with E-state index in [2.05, 4.69) is 5.32 Å². The first-order chi connectivity index (χ1) is 16.0. The first kappa shape index (κ1) is 25.4. The van der Waals surface area contributed by atoms with E-state index in [-0.39, 0.29) is 30.8 Å². The van der Waals surface area contributed by atoms with Crippen LogP contribution in [0.3, 0.4) is 0 Å². The van der Waals surface area contributed by atoms with Gasteiger partial charge in [-0.3, -0.25) is 9.59 Å². The minimum atomic E-state index is -0.556. The van der Waals surface area contributed by atoms with Crippen LogP contribution in [0.25, 0.3) is 0 Å². The highest BCUT2D eigenvalue weighted by atomic mass is 35.5. The van der Waals surface area contributed by atoms with Gasteiger partial charge in [-0.1, -0.05) is 67.2 Å². The number of ether oxygens (including phenoxy) is 1. The van der Waals surface area contributed by atoms with Gasteiger partial charge in [-0.2, -0.15) is 0 Å². The largest absolute Gasteiger partial charge is 0.494 e. The molecule has 1 N–H and O–H groups in total. The van der Waals surface area contributed by atoms with E-state index in [1.807, 2.05) is 43.3 Å². The second kappa shape index (κ2) is 12.9. The Kier molecular flexibility index (Phi) is 9.89. The summed E-state index contributed by atoms with van der Waals surface area (Å²) in [7, 11) is 0. The lowest BCUT2D eigenvalue weighted by Gasteiger charge is -2.32. The minimum absolute atomic E-state index is 0.0916. The van der Waals surface area contributed by atoms with E-state index >= 15 is 0 Å². The fourth-order valence-electron chi connectivity index (χ4n) is 4.19. The molecule has 0 bridgehead atoms. The molecule has 33 heavy (non-hydrogen) atoms. The van der Waals surface area contributed by atoms with Gasteiger partial charge in [0.05, 0.1) is 6.61 Å². The number of benzene rings is 2. The number of carbonyl (C=O) groups excluding carboxylic acids is 2. The van der Waals surface area contributed by atoms with Crippen LogP contribution in [-0.2, 0) is 16.1 Å². The Morgan fingerprint density at radius 3 is 2.52 bits per heavy atom. The maximum Gasteiger partial charge on any atom is 0.243 e. The van der Waals surface area contributed by atoms with Crippen LogP contribution in [0.15, 0.2) is 48.5 Å². The lowest BCUT2D eigenvalue weighted by atomic mass is 10.1. The van der Waals surface area contributed by atoms with Gasteiger partial charge in [-0.25, -0.2) is 0 Å². The molecule has 0 heterocycles. The van der Waals surface area contributed by atoms with E-state index in [0.29, 0.717) is 29.5 Å². The van der Waals surface area contributed by atoms with Crippen LogP contribution in [0.2, 0.25) is 10.0 Å². The summed E-state index contributed by atoms with van der Waals surface area (Å²) in [5, 5.41) is 4.17. The molecule has 1 aliphatic rings. The van der Waals surface area contributed by atoms with Crippen LogP contribution in [0.1, 0.15) is 57.4 Å². The van der Waals surface area contributed by atoms with Crippen molar-refractivity contribution < 1.29 is 14.3 Å². The molecular weight excluding hydrogens is 459 g/mol. The molecule has 0 radical (unpaired) electrons. The van der Waals surface area contributed by atoms with Crippen LogP contribution in [0.5, 0.6) is 5.75 Å². The third-order valence-corrected chi connectivity index (χ3v) is 6.58. The fraction of sp³-hybridized carbons (Fsp3) is 0.462. The van der Waals surface area contributed by atoms with E-state index in [1.165, 1.54) is 0 Å². The van der Waals surface area contributed by atoms with Gasteiger partial charge in [0.2, 0.25) is 11.8 Å². The molecule has 0 spiro atoms. The Hall–Kier alpha value is -2.24. The molecular formula is C26H32Cl2N2O3. The van der Waals surface area contributed by atoms with Crippen molar-refractivity contribution in [1.29, 1.82) is 0 Å². The fourth-order valence-corrected chi connectivity index (χ4v) is 4.66. The lowest BCUT2D eigenvalue weighted by Crippen LogP contribution is -2.51. The van der Waals surface area contributed by atoms with Gasteiger partial charge in [0.15, 0.2) is 0 Å². The number of amides is 2. The van der Waals surface area contributed by atoms with Crippen LogP contribution in [0, 0.1) is 0 Å². The molecule has 2 aromatic carbocycles. The normalized spacial score (nSPS) is 14.6. The first-order valence-corrected chi connectivity index (χ1v) is 12.4. The van der Waals surface area contributed by atoms with E-state index < -0.39 is 6.04 Å². The zero-order chi connectivity index (χ0) is 23.6. The Morgan fingerprint density at radius 1 is 1.12 bits per heavy atom. The van der Waals surface area contributed by atoms with Crippen molar-refractivity contribution in [2.75, 3.05) is 6.61 Å². The molecule has 0 aromatic heterocycles. The summed E-state index contributed by atoms with van der Waals surface area (Å²) in [6.45, 7) is 2.61. The van der Waals surface area contributed by atoms with Crippen molar-refractivity contribution in [2.24, 2.45) is 0 Å². The van der Waals surface area contributed by atoms with Gasteiger partial charge in [0.25, 0.3) is 0 Å². The minimum Gasteiger partial charge on any atom is -0.494 e. The number of rotatable bonds is 11. The highest BCUT2D eigenvalue weighted by Gasteiger charge is 2.30. The van der Waals surface area contributed by atoms with Crippen molar-refractivity contribution in [3.8, 4) is 5.75 Å². The predicted molar refractivity (Wildman–Crippen MR) is 133 cm³/mol. The molecule has 0 aliphatic heterocycles. The monoisotopic (exact) mass is 490 g/mol. The molecule has 3 rings (SSSR count). The molecule has 2 aromatic rings. The second-order valence-corrected chi connectivity index (χ2v) is 9.28. The van der Waals surface area contributed by atoms with Crippen molar-refractivity contribution >= 4 is 35.0 Å². The third kappa shape index (κ3) is 7.65. The average molecular weight is 491 g/mol. The molecule has 1 fully saturated rings. The van der Waals surface area contributed by atoms with Gasteiger partial charge in [0.1, 0.15) is 11.8 Å². The number of nitrogens with zero attached hydrogens (tertiary/aromatic N) is 1. The maximum atomic E-state index is 13.3. The van der Waals surface area contributed by atoms with Crippen LogP contribution in [0.4, 0.5) is 0 Å². The van der Waals surface area contributed by atoms with E-state index in [1.54, 1.807) is 17.0 Å². The number of carbonyl (C=O) groups is 2. The summed E-state index contributed by atoms with van der Waals surface area (Å²) in [5.74, 6) is 0.589. The molecule has 7 heteroatoms. The topological polar surface area (TPSA) is 58.6 Å². The Labute approximate surface area is 206 Å². The van der Waals surface area contributed by atoms with Crippen LogP contribution in [-0.4, -0.2) is 35.4 Å². The van der Waals surface area contributed by atoms with Gasteiger partial charge in [-0.05, 0) is 55.5 Å². The smallest absolute Gasteiger partial charge is 0.243 e. The summed E-state index contributed by atoms with van der Waals surface area (Å²) in [6, 6.07) is 14.4. The summed E-state index contributed by atoms with van der Waals surface area (Å²) < 4.78 is 5.72. The molecule has 178 valence electrons. The quantitative estimate of drug-likeness (QED) is 0.391. The second-order valence-electron chi connectivity index (χ2n) is 8.44. The molecule has 0 unspecified atom stereocenters. The zero-order valence-electron chi connectivity index (χ0n) is 19.1. The van der Waals surface area contributed by atoms with E-state index in [9.17, 15) is 9.59 Å². The Morgan fingerprint density at radius 2 is 1.85 bits per heavy atom. The number of halogens is 2. The van der Waals surface area contributed by atoms with Crippen LogP contribution < -0.4 is 10.1 Å².